The molecule has 2 N–H and O–H groups in total. The normalized spacial score (nSPS) is 26.3. The Morgan fingerprint density at radius 1 is 1.33 bits per heavy atom. The van der Waals surface area contributed by atoms with Crippen molar-refractivity contribution in [3.8, 4) is 5.75 Å². The average molecular weight is 455 g/mol. The van der Waals surface area contributed by atoms with Gasteiger partial charge in [-0.3, -0.25) is 9.36 Å². The van der Waals surface area contributed by atoms with Crippen LogP contribution in [0.4, 0.5) is 5.82 Å². The lowest BCUT2D eigenvalue weighted by molar-refractivity contribution is 0.0973. The third-order valence-corrected chi connectivity index (χ3v) is 7.60. The second-order valence-electron chi connectivity index (χ2n) is 8.40. The van der Waals surface area contributed by atoms with Gasteiger partial charge in [0.25, 0.3) is 0 Å². The van der Waals surface area contributed by atoms with E-state index in [1.807, 2.05) is 19.9 Å². The Bertz CT molecular complexity index is 964. The van der Waals surface area contributed by atoms with E-state index < -0.39 is 0 Å². The van der Waals surface area contributed by atoms with Gasteiger partial charge in [-0.15, -0.1) is 0 Å². The van der Waals surface area contributed by atoms with E-state index in [0.717, 1.165) is 32.4 Å². The van der Waals surface area contributed by atoms with E-state index in [0.29, 0.717) is 40.4 Å². The Morgan fingerprint density at radius 3 is 2.63 bits per heavy atom. The quantitative estimate of drug-likeness (QED) is 0.754. The highest BCUT2D eigenvalue weighted by atomic mass is 35.5. The first kappa shape index (κ1) is 21.7. The van der Waals surface area contributed by atoms with Crippen LogP contribution >= 0.6 is 23.2 Å². The number of piperidine rings is 1. The first-order valence-electron chi connectivity index (χ1n) is 10.3. The molecular weight excluding hydrogens is 427 g/mol. The number of ether oxygens (including phenoxy) is 2. The zero-order valence-electron chi connectivity index (χ0n) is 17.6. The molecule has 0 unspecified atom stereocenters. The first-order chi connectivity index (χ1) is 14.3. The van der Waals surface area contributed by atoms with Crippen LogP contribution in [0.15, 0.2) is 20.9 Å². The molecule has 1 aromatic heterocycles. The highest BCUT2D eigenvalue weighted by Crippen LogP contribution is 2.42. The maximum Gasteiger partial charge on any atom is 0.302 e. The van der Waals surface area contributed by atoms with Crippen LogP contribution in [0.25, 0.3) is 5.70 Å². The fourth-order valence-corrected chi connectivity index (χ4v) is 5.30. The van der Waals surface area contributed by atoms with Gasteiger partial charge in [0.1, 0.15) is 5.82 Å². The molecule has 2 saturated heterocycles. The van der Waals surface area contributed by atoms with E-state index in [1.165, 1.54) is 11.7 Å². The lowest BCUT2D eigenvalue weighted by Gasteiger charge is -2.41. The van der Waals surface area contributed by atoms with Gasteiger partial charge < -0.3 is 20.1 Å². The Kier molecular flexibility index (Phi) is 5.92. The van der Waals surface area contributed by atoms with Crippen molar-refractivity contribution >= 4 is 34.7 Å². The molecule has 0 aromatic carbocycles. The third kappa shape index (κ3) is 3.45. The monoisotopic (exact) mass is 454 g/mol. The van der Waals surface area contributed by atoms with Crippen LogP contribution in [0, 0.1) is 12.3 Å². The molecule has 3 heterocycles. The number of aryl methyl sites for hydroxylation is 1. The van der Waals surface area contributed by atoms with Crippen LogP contribution in [-0.2, 0) is 4.74 Å². The highest BCUT2D eigenvalue weighted by Gasteiger charge is 2.48. The van der Waals surface area contributed by atoms with Gasteiger partial charge in [-0.1, -0.05) is 29.3 Å². The van der Waals surface area contributed by atoms with Crippen molar-refractivity contribution in [1.29, 1.82) is 0 Å². The van der Waals surface area contributed by atoms with E-state index in [-0.39, 0.29) is 28.9 Å². The smallest absolute Gasteiger partial charge is 0.302 e. The summed E-state index contributed by atoms with van der Waals surface area (Å²) in [6, 6.07) is 0.0300. The molecule has 0 amide bonds. The molecule has 4 rings (SSSR count). The second kappa shape index (κ2) is 8.19. The molecule has 164 valence electrons. The molecule has 1 aromatic rings. The molecule has 2 aliphatic heterocycles. The van der Waals surface area contributed by atoms with Crippen LogP contribution in [0.3, 0.4) is 0 Å². The van der Waals surface area contributed by atoms with Crippen molar-refractivity contribution in [3.63, 3.8) is 0 Å². The number of rotatable bonds is 3. The van der Waals surface area contributed by atoms with E-state index in [9.17, 15) is 4.79 Å². The number of nitrogens with two attached hydrogens (primary N) is 1. The van der Waals surface area contributed by atoms with E-state index in [4.69, 9.17) is 43.4 Å². The number of hydrogen-bond acceptors (Lipinski definition) is 6. The highest BCUT2D eigenvalue weighted by molar-refractivity contribution is 6.45. The SMILES string of the molecule is COc1c(N2CCC3(CC2)CO[C@@H](C)[C@H]3N)nc(C)n(C2=C(Cl)C(Cl)=CCC2)c1=O. The van der Waals surface area contributed by atoms with Gasteiger partial charge in [0, 0.05) is 30.2 Å². The first-order valence-corrected chi connectivity index (χ1v) is 11.1. The third-order valence-electron chi connectivity index (χ3n) is 6.74. The summed E-state index contributed by atoms with van der Waals surface area (Å²) in [6.45, 7) is 6.02. The lowest BCUT2D eigenvalue weighted by atomic mass is 9.73. The standard InChI is InChI=1S/C21H28Cl2N4O3/c1-12-18(24)21(11-30-12)7-9-26(10-8-21)19-17(29-3)20(28)27(13(2)25-19)15-6-4-5-14(22)16(15)23/h5,12,18H,4,6-11,24H2,1-3H3/t12-,18+/m0/s1. The van der Waals surface area contributed by atoms with E-state index >= 15 is 0 Å². The van der Waals surface area contributed by atoms with Crippen LogP contribution in [-0.4, -0.2) is 48.5 Å². The fourth-order valence-electron chi connectivity index (χ4n) is 4.83. The fraction of sp³-hybridized carbons (Fsp3) is 0.619. The molecule has 9 heteroatoms. The maximum absolute atomic E-state index is 13.4. The predicted molar refractivity (Wildman–Crippen MR) is 119 cm³/mol. The summed E-state index contributed by atoms with van der Waals surface area (Å²) in [4.78, 5) is 20.2. The Balaban J connectivity index is 1.67. The van der Waals surface area contributed by atoms with Gasteiger partial charge >= 0.3 is 5.56 Å². The Morgan fingerprint density at radius 2 is 2.03 bits per heavy atom. The molecule has 1 aliphatic carbocycles. The summed E-state index contributed by atoms with van der Waals surface area (Å²) in [5.41, 5.74) is 6.82. The van der Waals surface area contributed by atoms with Gasteiger partial charge in [0.05, 0.1) is 29.9 Å². The molecule has 2 atom stereocenters. The Hall–Kier alpha value is -1.54. The number of methoxy groups -OCH3 is 1. The lowest BCUT2D eigenvalue weighted by Crippen LogP contribution is -2.51. The number of hydrogen-bond donors (Lipinski definition) is 1. The molecule has 7 nitrogen and oxygen atoms in total. The molecule has 0 bridgehead atoms. The summed E-state index contributed by atoms with van der Waals surface area (Å²) < 4.78 is 12.9. The zero-order chi connectivity index (χ0) is 21.6. The van der Waals surface area contributed by atoms with Gasteiger partial charge in [0.2, 0.25) is 5.75 Å². The molecule has 3 aliphatic rings. The summed E-state index contributed by atoms with van der Waals surface area (Å²) in [7, 11) is 1.50. The van der Waals surface area contributed by atoms with Gasteiger partial charge in [-0.05, 0) is 39.5 Å². The molecule has 1 spiro atoms. The van der Waals surface area contributed by atoms with Gasteiger partial charge in [0.15, 0.2) is 5.82 Å². The summed E-state index contributed by atoms with van der Waals surface area (Å²) >= 11 is 12.6. The summed E-state index contributed by atoms with van der Waals surface area (Å²) in [6.07, 6.45) is 5.04. The minimum absolute atomic E-state index is 0.00327. The average Bonchev–Trinajstić information content (AvgIpc) is 3.00. The van der Waals surface area contributed by atoms with Crippen molar-refractivity contribution in [2.45, 2.75) is 51.7 Å². The van der Waals surface area contributed by atoms with Gasteiger partial charge in [-0.25, -0.2) is 4.98 Å². The summed E-state index contributed by atoms with van der Waals surface area (Å²) in [5, 5.41) is 0.840. The number of allylic oxidation sites excluding steroid dienone is 4. The van der Waals surface area contributed by atoms with Crippen molar-refractivity contribution < 1.29 is 9.47 Å². The molecule has 0 radical (unpaired) electrons. The van der Waals surface area contributed by atoms with Crippen LogP contribution in [0.1, 0.15) is 38.4 Å². The van der Waals surface area contributed by atoms with Crippen molar-refractivity contribution in [2.75, 3.05) is 31.7 Å². The maximum atomic E-state index is 13.4. The Labute approximate surface area is 186 Å². The molecule has 0 saturated carbocycles. The van der Waals surface area contributed by atoms with E-state index in [2.05, 4.69) is 4.90 Å². The van der Waals surface area contributed by atoms with Crippen molar-refractivity contribution in [3.05, 3.63) is 32.3 Å². The van der Waals surface area contributed by atoms with Crippen molar-refractivity contribution in [1.82, 2.24) is 9.55 Å². The molecule has 2 fully saturated rings. The van der Waals surface area contributed by atoms with E-state index in [1.54, 1.807) is 0 Å². The predicted octanol–water partition coefficient (Wildman–Crippen LogP) is 3.22. The number of aromatic nitrogens is 2. The van der Waals surface area contributed by atoms with Crippen LogP contribution < -0.4 is 20.9 Å². The van der Waals surface area contributed by atoms with Crippen LogP contribution in [0.2, 0.25) is 0 Å². The molecule has 30 heavy (non-hydrogen) atoms. The number of anilines is 1. The number of nitrogens with zero attached hydrogens (tertiary/aromatic N) is 3. The largest absolute Gasteiger partial charge is 0.488 e. The number of halogens is 2. The summed E-state index contributed by atoms with van der Waals surface area (Å²) in [5.74, 6) is 1.35. The van der Waals surface area contributed by atoms with Gasteiger partial charge in [-0.2, -0.15) is 0 Å². The minimum atomic E-state index is -0.269. The van der Waals surface area contributed by atoms with Crippen molar-refractivity contribution in [2.24, 2.45) is 11.1 Å². The minimum Gasteiger partial charge on any atom is -0.488 e. The second-order valence-corrected chi connectivity index (χ2v) is 9.18. The molecular formula is C21H28Cl2N4O3. The zero-order valence-corrected chi connectivity index (χ0v) is 19.1. The topological polar surface area (TPSA) is 82.6 Å². The van der Waals surface area contributed by atoms with Crippen LogP contribution in [0.5, 0.6) is 5.75 Å².